The van der Waals surface area contributed by atoms with Crippen LogP contribution in [0.4, 0.5) is 0 Å². The molecule has 1 aliphatic rings. The normalized spacial score (nSPS) is 18.2. The van der Waals surface area contributed by atoms with Crippen molar-refractivity contribution < 1.29 is 4.79 Å². The van der Waals surface area contributed by atoms with Crippen molar-refractivity contribution in [3.8, 4) is 0 Å². The molecule has 0 radical (unpaired) electrons. The van der Waals surface area contributed by atoms with Crippen LogP contribution in [0, 0.1) is 6.92 Å². The highest BCUT2D eigenvalue weighted by Crippen LogP contribution is 2.24. The molecular formula is C19H21NO. The van der Waals surface area contributed by atoms with E-state index < -0.39 is 0 Å². The fourth-order valence-corrected chi connectivity index (χ4v) is 3.00. The van der Waals surface area contributed by atoms with Crippen molar-refractivity contribution in [2.75, 3.05) is 0 Å². The molecule has 1 amide bonds. The molecular weight excluding hydrogens is 258 g/mol. The number of likely N-dealkylation sites (tertiary alicyclic amines) is 1. The van der Waals surface area contributed by atoms with E-state index in [0.717, 1.165) is 19.4 Å². The summed E-state index contributed by atoms with van der Waals surface area (Å²) in [5.41, 5.74) is 3.78. The first-order valence-corrected chi connectivity index (χ1v) is 7.61. The number of hydrogen-bond donors (Lipinski definition) is 0. The summed E-state index contributed by atoms with van der Waals surface area (Å²) in [4.78, 5) is 14.2. The smallest absolute Gasteiger partial charge is 0.223 e. The lowest BCUT2D eigenvalue weighted by Crippen LogP contribution is -2.33. The zero-order valence-electron chi connectivity index (χ0n) is 12.5. The minimum Gasteiger partial charge on any atom is -0.335 e. The van der Waals surface area contributed by atoms with Gasteiger partial charge in [-0.15, -0.1) is 0 Å². The number of carbonyl (C=O) groups excluding carboxylic acids is 1. The molecule has 1 atom stereocenters. The van der Waals surface area contributed by atoms with Crippen LogP contribution in [-0.2, 0) is 17.8 Å². The Morgan fingerprint density at radius 2 is 1.71 bits per heavy atom. The number of nitrogens with zero attached hydrogens (tertiary/aromatic N) is 1. The predicted octanol–water partition coefficient (Wildman–Crippen LogP) is 3.73. The summed E-state index contributed by atoms with van der Waals surface area (Å²) in [6, 6.07) is 19.3. The van der Waals surface area contributed by atoms with Crippen LogP contribution in [0.25, 0.3) is 0 Å². The molecule has 0 aromatic heterocycles. The summed E-state index contributed by atoms with van der Waals surface area (Å²) in [5.74, 6) is 0.288. The van der Waals surface area contributed by atoms with E-state index in [1.807, 2.05) is 6.07 Å². The maximum absolute atomic E-state index is 12.2. The minimum absolute atomic E-state index is 0.288. The largest absolute Gasteiger partial charge is 0.335 e. The topological polar surface area (TPSA) is 20.3 Å². The molecule has 2 heteroatoms. The lowest BCUT2D eigenvalue weighted by Gasteiger charge is -2.25. The summed E-state index contributed by atoms with van der Waals surface area (Å²) < 4.78 is 0. The lowest BCUT2D eigenvalue weighted by atomic mass is 10.0. The van der Waals surface area contributed by atoms with Gasteiger partial charge < -0.3 is 4.90 Å². The third kappa shape index (κ3) is 3.33. The second kappa shape index (κ2) is 6.13. The number of benzene rings is 2. The van der Waals surface area contributed by atoms with Gasteiger partial charge in [-0.05, 0) is 30.9 Å². The highest BCUT2D eigenvalue weighted by molar-refractivity contribution is 5.78. The van der Waals surface area contributed by atoms with Gasteiger partial charge in [0.1, 0.15) is 0 Å². The number of amides is 1. The Balaban J connectivity index is 1.72. The van der Waals surface area contributed by atoms with E-state index in [1.54, 1.807) is 0 Å². The van der Waals surface area contributed by atoms with Crippen LogP contribution in [0.5, 0.6) is 0 Å². The van der Waals surface area contributed by atoms with E-state index in [2.05, 4.69) is 60.4 Å². The maximum Gasteiger partial charge on any atom is 0.223 e. The van der Waals surface area contributed by atoms with Gasteiger partial charge in [-0.2, -0.15) is 0 Å². The molecule has 2 aromatic rings. The van der Waals surface area contributed by atoms with Gasteiger partial charge in [0.2, 0.25) is 5.91 Å². The quantitative estimate of drug-likeness (QED) is 0.835. The van der Waals surface area contributed by atoms with Crippen LogP contribution in [0.2, 0.25) is 0 Å². The fourth-order valence-electron chi connectivity index (χ4n) is 3.00. The monoisotopic (exact) mass is 279 g/mol. The summed E-state index contributed by atoms with van der Waals surface area (Å²) in [5, 5.41) is 0. The molecule has 2 nitrogen and oxygen atoms in total. The van der Waals surface area contributed by atoms with Gasteiger partial charge in [-0.3, -0.25) is 4.79 Å². The number of rotatable bonds is 4. The molecule has 1 aliphatic heterocycles. The first kappa shape index (κ1) is 13.9. The van der Waals surface area contributed by atoms with Crippen molar-refractivity contribution in [2.45, 2.75) is 38.8 Å². The van der Waals surface area contributed by atoms with E-state index in [0.29, 0.717) is 12.5 Å². The summed E-state index contributed by atoms with van der Waals surface area (Å²) in [6.07, 6.45) is 2.61. The molecule has 3 rings (SSSR count). The third-order valence-electron chi connectivity index (χ3n) is 4.24. The summed E-state index contributed by atoms with van der Waals surface area (Å²) in [6.45, 7) is 2.82. The van der Waals surface area contributed by atoms with Gasteiger partial charge in [0.25, 0.3) is 0 Å². The lowest BCUT2D eigenvalue weighted by molar-refractivity contribution is -0.129. The summed E-state index contributed by atoms with van der Waals surface area (Å²) >= 11 is 0. The maximum atomic E-state index is 12.2. The SMILES string of the molecule is Cc1ccc(CN2C(=O)CC[C@@H]2Cc2ccccc2)cc1. The first-order valence-electron chi connectivity index (χ1n) is 7.61. The van der Waals surface area contributed by atoms with E-state index >= 15 is 0 Å². The molecule has 0 saturated carbocycles. The average molecular weight is 279 g/mol. The summed E-state index contributed by atoms with van der Waals surface area (Å²) in [7, 11) is 0. The van der Waals surface area contributed by atoms with E-state index in [4.69, 9.17) is 0 Å². The molecule has 108 valence electrons. The number of aryl methyl sites for hydroxylation is 1. The first-order chi connectivity index (χ1) is 10.2. The Morgan fingerprint density at radius 3 is 2.43 bits per heavy atom. The Morgan fingerprint density at radius 1 is 1.00 bits per heavy atom. The zero-order chi connectivity index (χ0) is 14.7. The second-order valence-corrected chi connectivity index (χ2v) is 5.89. The van der Waals surface area contributed by atoms with Crippen LogP contribution >= 0.6 is 0 Å². The van der Waals surface area contributed by atoms with Crippen molar-refractivity contribution >= 4 is 5.91 Å². The molecule has 2 aromatic carbocycles. The van der Waals surface area contributed by atoms with Gasteiger partial charge in [0.15, 0.2) is 0 Å². The molecule has 1 heterocycles. The predicted molar refractivity (Wildman–Crippen MR) is 84.9 cm³/mol. The second-order valence-electron chi connectivity index (χ2n) is 5.89. The van der Waals surface area contributed by atoms with Crippen molar-refractivity contribution in [3.63, 3.8) is 0 Å². The molecule has 0 spiro atoms. The van der Waals surface area contributed by atoms with Crippen LogP contribution in [0.15, 0.2) is 54.6 Å². The minimum atomic E-state index is 0.288. The molecule has 1 fully saturated rings. The van der Waals surface area contributed by atoms with Gasteiger partial charge in [-0.25, -0.2) is 0 Å². The number of hydrogen-bond acceptors (Lipinski definition) is 1. The van der Waals surface area contributed by atoms with Gasteiger partial charge in [0.05, 0.1) is 0 Å². The van der Waals surface area contributed by atoms with Crippen LogP contribution in [-0.4, -0.2) is 16.8 Å². The Kier molecular flexibility index (Phi) is 4.05. The van der Waals surface area contributed by atoms with Gasteiger partial charge >= 0.3 is 0 Å². The fraction of sp³-hybridized carbons (Fsp3) is 0.316. The van der Waals surface area contributed by atoms with Crippen LogP contribution < -0.4 is 0 Å². The Bertz CT molecular complexity index is 603. The van der Waals surface area contributed by atoms with Crippen molar-refractivity contribution in [3.05, 3.63) is 71.3 Å². The molecule has 0 N–H and O–H groups in total. The van der Waals surface area contributed by atoms with E-state index in [-0.39, 0.29) is 5.91 Å². The molecule has 1 saturated heterocycles. The van der Waals surface area contributed by atoms with Gasteiger partial charge in [-0.1, -0.05) is 60.2 Å². The molecule has 0 bridgehead atoms. The van der Waals surface area contributed by atoms with Crippen molar-refractivity contribution in [2.24, 2.45) is 0 Å². The van der Waals surface area contributed by atoms with Crippen molar-refractivity contribution in [1.82, 2.24) is 4.90 Å². The van der Waals surface area contributed by atoms with Crippen LogP contribution in [0.1, 0.15) is 29.5 Å². The standard InChI is InChI=1S/C19H21NO/c1-15-7-9-17(10-8-15)14-20-18(11-12-19(20)21)13-16-5-3-2-4-6-16/h2-10,18H,11-14H2,1H3/t18-/m1/s1. The highest BCUT2D eigenvalue weighted by atomic mass is 16.2. The average Bonchev–Trinajstić information content (AvgIpc) is 2.84. The van der Waals surface area contributed by atoms with E-state index in [1.165, 1.54) is 16.7 Å². The van der Waals surface area contributed by atoms with E-state index in [9.17, 15) is 4.79 Å². The molecule has 0 aliphatic carbocycles. The Labute approximate surface area is 126 Å². The van der Waals surface area contributed by atoms with Gasteiger partial charge in [0, 0.05) is 19.0 Å². The third-order valence-corrected chi connectivity index (χ3v) is 4.24. The number of carbonyl (C=O) groups is 1. The highest BCUT2D eigenvalue weighted by Gasteiger charge is 2.30. The van der Waals surface area contributed by atoms with Crippen molar-refractivity contribution in [1.29, 1.82) is 0 Å². The Hall–Kier alpha value is -2.09. The molecule has 0 unspecified atom stereocenters. The zero-order valence-corrected chi connectivity index (χ0v) is 12.5. The van der Waals surface area contributed by atoms with Crippen LogP contribution in [0.3, 0.4) is 0 Å². The molecule has 21 heavy (non-hydrogen) atoms.